The Morgan fingerprint density at radius 1 is 1.18 bits per heavy atom. The molecule has 2 N–H and O–H groups in total. The van der Waals surface area contributed by atoms with E-state index in [4.69, 9.17) is 10.2 Å². The summed E-state index contributed by atoms with van der Waals surface area (Å²) in [6, 6.07) is 1.38. The van der Waals surface area contributed by atoms with Crippen molar-refractivity contribution in [3.8, 4) is 5.75 Å². The molecule has 0 heterocycles. The van der Waals surface area contributed by atoms with Gasteiger partial charge in [-0.3, -0.25) is 0 Å². The van der Waals surface area contributed by atoms with Crippen LogP contribution in [0.25, 0.3) is 0 Å². The molecule has 11 heavy (non-hydrogen) atoms. The van der Waals surface area contributed by atoms with Gasteiger partial charge in [0.15, 0.2) is 11.6 Å². The monoisotopic (exact) mass is 160 g/mol. The predicted octanol–water partition coefficient (Wildman–Crippen LogP) is 1.16. The fourth-order valence-corrected chi connectivity index (χ4v) is 0.699. The Morgan fingerprint density at radius 3 is 2.36 bits per heavy atom. The standard InChI is InChI=1S/C7H6F2O2/c8-5-2-7(11)6(9)1-4(5)3-10/h1-2,10-11H,3H2. The van der Waals surface area contributed by atoms with Crippen LogP contribution in [0.4, 0.5) is 8.78 Å². The maximum atomic E-state index is 12.5. The van der Waals surface area contributed by atoms with Gasteiger partial charge in [0.05, 0.1) is 6.61 Å². The van der Waals surface area contributed by atoms with Crippen molar-refractivity contribution in [2.45, 2.75) is 6.61 Å². The maximum absolute atomic E-state index is 12.5. The molecule has 0 spiro atoms. The fraction of sp³-hybridized carbons (Fsp3) is 0.143. The van der Waals surface area contributed by atoms with Crippen LogP contribution < -0.4 is 0 Å². The summed E-state index contributed by atoms with van der Waals surface area (Å²) in [6.45, 7) is -0.580. The molecule has 60 valence electrons. The van der Waals surface area contributed by atoms with E-state index in [-0.39, 0.29) is 5.56 Å². The van der Waals surface area contributed by atoms with Gasteiger partial charge in [0.1, 0.15) is 5.82 Å². The van der Waals surface area contributed by atoms with Gasteiger partial charge in [0.2, 0.25) is 0 Å². The Kier molecular flexibility index (Phi) is 2.05. The number of halogens is 2. The third-order valence-electron chi connectivity index (χ3n) is 1.29. The quantitative estimate of drug-likeness (QED) is 0.647. The summed E-state index contributed by atoms with van der Waals surface area (Å²) in [6.07, 6.45) is 0. The molecular weight excluding hydrogens is 154 g/mol. The molecule has 0 saturated carbocycles. The lowest BCUT2D eigenvalue weighted by Gasteiger charge is -1.99. The molecule has 1 aromatic rings. The lowest BCUT2D eigenvalue weighted by atomic mass is 10.2. The highest BCUT2D eigenvalue weighted by Gasteiger charge is 2.07. The Balaban J connectivity index is 3.21. The van der Waals surface area contributed by atoms with E-state index in [1.807, 2.05) is 0 Å². The van der Waals surface area contributed by atoms with E-state index in [0.29, 0.717) is 6.07 Å². The molecule has 0 aliphatic rings. The van der Waals surface area contributed by atoms with Gasteiger partial charge in [-0.25, -0.2) is 8.78 Å². The smallest absolute Gasteiger partial charge is 0.165 e. The van der Waals surface area contributed by atoms with E-state index in [0.717, 1.165) is 6.07 Å². The molecule has 0 aliphatic heterocycles. The SMILES string of the molecule is OCc1cc(F)c(O)cc1F. The van der Waals surface area contributed by atoms with Crippen molar-refractivity contribution in [1.29, 1.82) is 0 Å². The lowest BCUT2D eigenvalue weighted by molar-refractivity contribution is 0.274. The zero-order valence-corrected chi connectivity index (χ0v) is 5.51. The summed E-state index contributed by atoms with van der Waals surface area (Å²) in [5.74, 6) is -2.50. The normalized spacial score (nSPS) is 10.1. The molecular formula is C7H6F2O2. The first-order chi connectivity index (χ1) is 5.15. The predicted molar refractivity (Wildman–Crippen MR) is 33.9 cm³/mol. The zero-order valence-electron chi connectivity index (χ0n) is 5.51. The van der Waals surface area contributed by atoms with Gasteiger partial charge >= 0.3 is 0 Å². The van der Waals surface area contributed by atoms with Crippen molar-refractivity contribution < 1.29 is 19.0 Å². The van der Waals surface area contributed by atoms with Crippen molar-refractivity contribution in [2.75, 3.05) is 0 Å². The summed E-state index contributed by atoms with van der Waals surface area (Å²) >= 11 is 0. The van der Waals surface area contributed by atoms with Crippen molar-refractivity contribution in [1.82, 2.24) is 0 Å². The van der Waals surface area contributed by atoms with Gasteiger partial charge in [-0.2, -0.15) is 0 Å². The molecule has 0 fully saturated rings. The highest BCUT2D eigenvalue weighted by molar-refractivity contribution is 5.29. The number of hydrogen-bond acceptors (Lipinski definition) is 2. The average molecular weight is 160 g/mol. The number of aliphatic hydroxyl groups is 1. The summed E-state index contributed by atoms with van der Waals surface area (Å²) < 4.78 is 25.0. The van der Waals surface area contributed by atoms with Gasteiger partial charge in [0.25, 0.3) is 0 Å². The van der Waals surface area contributed by atoms with Crippen LogP contribution in [0, 0.1) is 11.6 Å². The Labute approximate surface area is 61.7 Å². The van der Waals surface area contributed by atoms with Gasteiger partial charge in [-0.05, 0) is 6.07 Å². The second-order valence-electron chi connectivity index (χ2n) is 2.05. The van der Waals surface area contributed by atoms with Crippen molar-refractivity contribution in [2.24, 2.45) is 0 Å². The molecule has 2 nitrogen and oxygen atoms in total. The minimum absolute atomic E-state index is 0.166. The molecule has 4 heteroatoms. The third kappa shape index (κ3) is 1.46. The Hall–Kier alpha value is -1.16. The molecule has 0 aliphatic carbocycles. The first-order valence-electron chi connectivity index (χ1n) is 2.93. The van der Waals surface area contributed by atoms with Gasteiger partial charge in [-0.15, -0.1) is 0 Å². The van der Waals surface area contributed by atoms with Crippen molar-refractivity contribution >= 4 is 0 Å². The van der Waals surface area contributed by atoms with Crippen LogP contribution in [-0.2, 0) is 6.61 Å². The number of aliphatic hydroxyl groups excluding tert-OH is 1. The Morgan fingerprint density at radius 2 is 1.82 bits per heavy atom. The number of phenolic OH excluding ortho intramolecular Hbond substituents is 1. The number of aromatic hydroxyl groups is 1. The number of rotatable bonds is 1. The van der Waals surface area contributed by atoms with E-state index < -0.39 is 24.0 Å². The molecule has 1 aromatic carbocycles. The van der Waals surface area contributed by atoms with E-state index in [1.54, 1.807) is 0 Å². The highest BCUT2D eigenvalue weighted by Crippen LogP contribution is 2.19. The van der Waals surface area contributed by atoms with E-state index in [9.17, 15) is 8.78 Å². The van der Waals surface area contributed by atoms with Crippen LogP contribution in [0.2, 0.25) is 0 Å². The molecule has 1 rings (SSSR count). The van der Waals surface area contributed by atoms with Gasteiger partial charge in [0, 0.05) is 11.6 Å². The number of phenols is 1. The van der Waals surface area contributed by atoms with Gasteiger partial charge < -0.3 is 10.2 Å². The summed E-state index contributed by atoms with van der Waals surface area (Å²) in [7, 11) is 0. The minimum Gasteiger partial charge on any atom is -0.505 e. The summed E-state index contributed by atoms with van der Waals surface area (Å²) in [5, 5.41) is 17.1. The van der Waals surface area contributed by atoms with Crippen molar-refractivity contribution in [3.05, 3.63) is 29.3 Å². The molecule has 0 bridgehead atoms. The first kappa shape index (κ1) is 7.94. The topological polar surface area (TPSA) is 40.5 Å². The minimum atomic E-state index is -0.935. The molecule has 0 atom stereocenters. The molecule has 0 aromatic heterocycles. The second-order valence-corrected chi connectivity index (χ2v) is 2.05. The highest BCUT2D eigenvalue weighted by atomic mass is 19.1. The lowest BCUT2D eigenvalue weighted by Crippen LogP contribution is -1.91. The zero-order chi connectivity index (χ0) is 8.43. The molecule has 0 amide bonds. The van der Waals surface area contributed by atoms with E-state index in [1.165, 1.54) is 0 Å². The fourth-order valence-electron chi connectivity index (χ4n) is 0.699. The summed E-state index contributed by atoms with van der Waals surface area (Å²) in [4.78, 5) is 0. The van der Waals surface area contributed by atoms with Crippen LogP contribution in [0.5, 0.6) is 5.75 Å². The van der Waals surface area contributed by atoms with Crippen LogP contribution in [0.15, 0.2) is 12.1 Å². The van der Waals surface area contributed by atoms with Gasteiger partial charge in [-0.1, -0.05) is 0 Å². The largest absolute Gasteiger partial charge is 0.505 e. The number of hydrogen-bond donors (Lipinski definition) is 2. The maximum Gasteiger partial charge on any atom is 0.165 e. The van der Waals surface area contributed by atoms with E-state index >= 15 is 0 Å². The van der Waals surface area contributed by atoms with Crippen molar-refractivity contribution in [3.63, 3.8) is 0 Å². The van der Waals surface area contributed by atoms with Crippen LogP contribution in [0.3, 0.4) is 0 Å². The molecule has 0 saturated heterocycles. The van der Waals surface area contributed by atoms with E-state index in [2.05, 4.69) is 0 Å². The summed E-state index contributed by atoms with van der Waals surface area (Å²) in [5.41, 5.74) is -0.166. The van der Waals surface area contributed by atoms with Crippen LogP contribution in [-0.4, -0.2) is 10.2 Å². The third-order valence-corrected chi connectivity index (χ3v) is 1.29. The molecule has 0 radical (unpaired) electrons. The van der Waals surface area contributed by atoms with Crippen LogP contribution >= 0.6 is 0 Å². The molecule has 0 unspecified atom stereocenters. The number of benzene rings is 1. The second kappa shape index (κ2) is 2.84. The van der Waals surface area contributed by atoms with Crippen LogP contribution in [0.1, 0.15) is 5.56 Å². The average Bonchev–Trinajstić information content (AvgIpc) is 1.97. The Bertz CT molecular complexity index is 273. The first-order valence-corrected chi connectivity index (χ1v) is 2.93.